The molecule has 1 heteroatoms. The van der Waals surface area contributed by atoms with Crippen molar-refractivity contribution in [3.63, 3.8) is 0 Å². The number of ether oxygens (including phenoxy) is 1. The minimum atomic E-state index is 0.838. The lowest BCUT2D eigenvalue weighted by Gasteiger charge is -2.07. The SMILES string of the molecule is C=C(C)c1ccc(OCCCCCCCCCCCCCCCC)cc1. The van der Waals surface area contributed by atoms with E-state index in [0.717, 1.165) is 17.9 Å². The van der Waals surface area contributed by atoms with Crippen molar-refractivity contribution < 1.29 is 4.74 Å². The fourth-order valence-corrected chi connectivity index (χ4v) is 3.32. The minimum absolute atomic E-state index is 0.838. The maximum Gasteiger partial charge on any atom is 0.119 e. The highest BCUT2D eigenvalue weighted by Crippen LogP contribution is 2.17. The first-order chi connectivity index (χ1) is 12.7. The largest absolute Gasteiger partial charge is 0.494 e. The van der Waals surface area contributed by atoms with E-state index in [-0.39, 0.29) is 0 Å². The second-order valence-corrected chi connectivity index (χ2v) is 7.75. The quantitative estimate of drug-likeness (QED) is 0.253. The maximum absolute atomic E-state index is 5.82. The summed E-state index contributed by atoms with van der Waals surface area (Å²) in [5, 5.41) is 0. The fourth-order valence-electron chi connectivity index (χ4n) is 3.32. The highest BCUT2D eigenvalue weighted by Gasteiger charge is 1.97. The molecule has 0 bridgehead atoms. The molecule has 1 rings (SSSR count). The van der Waals surface area contributed by atoms with Gasteiger partial charge < -0.3 is 4.74 Å². The zero-order valence-corrected chi connectivity index (χ0v) is 17.5. The first kappa shape index (κ1) is 22.8. The lowest BCUT2D eigenvalue weighted by atomic mass is 10.0. The van der Waals surface area contributed by atoms with Gasteiger partial charge in [0, 0.05) is 0 Å². The molecule has 1 aromatic rings. The van der Waals surface area contributed by atoms with Crippen LogP contribution in [-0.4, -0.2) is 6.61 Å². The summed E-state index contributed by atoms with van der Waals surface area (Å²) in [6.45, 7) is 9.12. The van der Waals surface area contributed by atoms with E-state index >= 15 is 0 Å². The Balaban J connectivity index is 1.83. The Hall–Kier alpha value is -1.24. The van der Waals surface area contributed by atoms with Crippen LogP contribution in [0, 0.1) is 0 Å². The molecule has 0 amide bonds. The Morgan fingerprint density at radius 1 is 0.692 bits per heavy atom. The van der Waals surface area contributed by atoms with E-state index in [2.05, 4.69) is 25.6 Å². The van der Waals surface area contributed by atoms with Crippen molar-refractivity contribution in [2.45, 2.75) is 104 Å². The number of benzene rings is 1. The molecular formula is C25H42O. The number of unbranched alkanes of at least 4 members (excludes halogenated alkanes) is 13. The van der Waals surface area contributed by atoms with Crippen LogP contribution in [-0.2, 0) is 0 Å². The molecule has 0 aromatic heterocycles. The topological polar surface area (TPSA) is 9.23 Å². The molecule has 148 valence electrons. The van der Waals surface area contributed by atoms with Crippen LogP contribution in [0.15, 0.2) is 30.8 Å². The molecule has 0 fully saturated rings. The second kappa shape index (κ2) is 16.0. The molecule has 0 heterocycles. The second-order valence-electron chi connectivity index (χ2n) is 7.75. The lowest BCUT2D eigenvalue weighted by molar-refractivity contribution is 0.304. The maximum atomic E-state index is 5.82. The van der Waals surface area contributed by atoms with E-state index in [9.17, 15) is 0 Å². The van der Waals surface area contributed by atoms with Crippen molar-refractivity contribution in [1.29, 1.82) is 0 Å². The third-order valence-corrected chi connectivity index (χ3v) is 5.11. The van der Waals surface area contributed by atoms with Gasteiger partial charge in [0.25, 0.3) is 0 Å². The Morgan fingerprint density at radius 2 is 1.12 bits per heavy atom. The van der Waals surface area contributed by atoms with Gasteiger partial charge in [0.15, 0.2) is 0 Å². The van der Waals surface area contributed by atoms with Gasteiger partial charge in [-0.3, -0.25) is 0 Å². The third kappa shape index (κ3) is 12.2. The number of rotatable bonds is 17. The smallest absolute Gasteiger partial charge is 0.119 e. The molecular weight excluding hydrogens is 316 g/mol. The zero-order valence-electron chi connectivity index (χ0n) is 17.5. The van der Waals surface area contributed by atoms with Crippen LogP contribution in [0.1, 0.15) is 109 Å². The van der Waals surface area contributed by atoms with Gasteiger partial charge in [0.05, 0.1) is 6.61 Å². The van der Waals surface area contributed by atoms with E-state index in [1.54, 1.807) is 0 Å². The fraction of sp³-hybridized carbons (Fsp3) is 0.680. The molecule has 0 atom stereocenters. The summed E-state index contributed by atoms with van der Waals surface area (Å²) < 4.78 is 5.82. The molecule has 0 radical (unpaired) electrons. The van der Waals surface area contributed by atoms with Gasteiger partial charge in [-0.2, -0.15) is 0 Å². The van der Waals surface area contributed by atoms with Crippen molar-refractivity contribution in [2.75, 3.05) is 6.61 Å². The summed E-state index contributed by atoms with van der Waals surface area (Å²) in [7, 11) is 0. The van der Waals surface area contributed by atoms with Gasteiger partial charge in [-0.1, -0.05) is 115 Å². The Kier molecular flexibility index (Phi) is 14.0. The van der Waals surface area contributed by atoms with Gasteiger partial charge >= 0.3 is 0 Å². The molecule has 26 heavy (non-hydrogen) atoms. The monoisotopic (exact) mass is 358 g/mol. The molecule has 1 aromatic carbocycles. The molecule has 0 aliphatic rings. The summed E-state index contributed by atoms with van der Waals surface area (Å²) >= 11 is 0. The summed E-state index contributed by atoms with van der Waals surface area (Å²) in [5.74, 6) is 0.977. The van der Waals surface area contributed by atoms with Crippen LogP contribution in [0.4, 0.5) is 0 Å². The van der Waals surface area contributed by atoms with Crippen LogP contribution < -0.4 is 4.74 Å². The average Bonchev–Trinajstić information content (AvgIpc) is 2.65. The van der Waals surface area contributed by atoms with Crippen molar-refractivity contribution in [1.82, 2.24) is 0 Å². The first-order valence-corrected chi connectivity index (χ1v) is 11.1. The van der Waals surface area contributed by atoms with Crippen LogP contribution in [0.25, 0.3) is 5.57 Å². The normalized spacial score (nSPS) is 10.8. The van der Waals surface area contributed by atoms with Gasteiger partial charge in [-0.05, 0) is 31.0 Å². The molecule has 0 saturated heterocycles. The van der Waals surface area contributed by atoms with Crippen molar-refractivity contribution in [3.05, 3.63) is 36.4 Å². The summed E-state index contributed by atoms with van der Waals surface area (Å²) in [6, 6.07) is 8.27. The Morgan fingerprint density at radius 3 is 1.54 bits per heavy atom. The third-order valence-electron chi connectivity index (χ3n) is 5.11. The number of allylic oxidation sites excluding steroid dienone is 1. The van der Waals surface area contributed by atoms with Crippen LogP contribution in [0.5, 0.6) is 5.75 Å². The van der Waals surface area contributed by atoms with Gasteiger partial charge in [-0.15, -0.1) is 0 Å². The molecule has 0 aliphatic heterocycles. The van der Waals surface area contributed by atoms with Crippen LogP contribution >= 0.6 is 0 Å². The molecule has 1 nitrogen and oxygen atoms in total. The average molecular weight is 359 g/mol. The first-order valence-electron chi connectivity index (χ1n) is 11.1. The number of hydrogen-bond donors (Lipinski definition) is 0. The standard InChI is InChI=1S/C25H42O/c1-4-5-6-7-8-9-10-11-12-13-14-15-16-17-22-26-25-20-18-24(19-21-25)23(2)3/h18-21H,2,4-17,22H2,1,3H3. The number of hydrogen-bond acceptors (Lipinski definition) is 1. The van der Waals surface area contributed by atoms with E-state index in [4.69, 9.17) is 4.74 Å². The van der Waals surface area contributed by atoms with Crippen molar-refractivity contribution >= 4 is 5.57 Å². The van der Waals surface area contributed by atoms with Crippen molar-refractivity contribution in [3.8, 4) is 5.75 Å². The van der Waals surface area contributed by atoms with E-state index < -0.39 is 0 Å². The highest BCUT2D eigenvalue weighted by molar-refractivity contribution is 5.61. The molecule has 0 N–H and O–H groups in total. The lowest BCUT2D eigenvalue weighted by Crippen LogP contribution is -1.97. The van der Waals surface area contributed by atoms with Crippen LogP contribution in [0.3, 0.4) is 0 Å². The van der Waals surface area contributed by atoms with E-state index in [1.807, 2.05) is 19.1 Å². The molecule has 0 unspecified atom stereocenters. The van der Waals surface area contributed by atoms with Gasteiger partial charge in [-0.25, -0.2) is 0 Å². The summed E-state index contributed by atoms with van der Waals surface area (Å²) in [6.07, 6.45) is 19.5. The Labute approximate surface area is 163 Å². The molecule has 0 saturated carbocycles. The van der Waals surface area contributed by atoms with Gasteiger partial charge in [0.2, 0.25) is 0 Å². The van der Waals surface area contributed by atoms with Crippen LogP contribution in [0.2, 0.25) is 0 Å². The molecule has 0 spiro atoms. The predicted octanol–water partition coefficient (Wildman–Crippen LogP) is 8.58. The summed E-state index contributed by atoms with van der Waals surface area (Å²) in [4.78, 5) is 0. The summed E-state index contributed by atoms with van der Waals surface area (Å²) in [5.41, 5.74) is 2.29. The zero-order chi connectivity index (χ0) is 18.9. The van der Waals surface area contributed by atoms with Gasteiger partial charge in [0.1, 0.15) is 5.75 Å². The van der Waals surface area contributed by atoms with E-state index in [1.165, 1.54) is 95.5 Å². The minimum Gasteiger partial charge on any atom is -0.494 e. The van der Waals surface area contributed by atoms with E-state index in [0.29, 0.717) is 0 Å². The van der Waals surface area contributed by atoms with Crippen molar-refractivity contribution in [2.24, 2.45) is 0 Å². The Bertz CT molecular complexity index is 446. The molecule has 0 aliphatic carbocycles. The highest BCUT2D eigenvalue weighted by atomic mass is 16.5. The predicted molar refractivity (Wildman–Crippen MR) is 117 cm³/mol.